The van der Waals surface area contributed by atoms with Gasteiger partial charge in [0.05, 0.1) is 19.8 Å². The Morgan fingerprint density at radius 1 is 1.40 bits per heavy atom. The summed E-state index contributed by atoms with van der Waals surface area (Å²) in [4.78, 5) is 21.7. The molecule has 1 aliphatic heterocycles. The van der Waals surface area contributed by atoms with Gasteiger partial charge < -0.3 is 9.47 Å². The lowest BCUT2D eigenvalue weighted by Gasteiger charge is -2.38. The Bertz CT molecular complexity index is 473. The molecule has 7 heteroatoms. The highest BCUT2D eigenvalue weighted by Gasteiger charge is 2.43. The number of nitrogens with zero attached hydrogens (tertiary/aromatic N) is 1. The van der Waals surface area contributed by atoms with Crippen LogP contribution in [0.4, 0.5) is 0 Å². The Labute approximate surface area is 116 Å². The maximum atomic E-state index is 11.6. The molecule has 0 amide bonds. The van der Waals surface area contributed by atoms with E-state index in [1.807, 2.05) is 30.3 Å². The molecule has 20 heavy (non-hydrogen) atoms. The summed E-state index contributed by atoms with van der Waals surface area (Å²) in [5, 5.41) is 13.4. The average molecular weight is 280 g/mol. The third kappa shape index (κ3) is 4.01. The highest BCUT2D eigenvalue weighted by atomic mass is 16.6. The molecule has 0 spiro atoms. The van der Waals surface area contributed by atoms with Crippen molar-refractivity contribution in [3.05, 3.63) is 46.0 Å². The van der Waals surface area contributed by atoms with Crippen LogP contribution in [-0.4, -0.2) is 42.7 Å². The van der Waals surface area contributed by atoms with Gasteiger partial charge in [-0.05, 0) is 5.56 Å². The van der Waals surface area contributed by atoms with Crippen molar-refractivity contribution in [1.82, 2.24) is 5.32 Å². The Balaban J connectivity index is 1.73. The lowest BCUT2D eigenvalue weighted by atomic mass is 9.98. The van der Waals surface area contributed by atoms with Crippen LogP contribution in [0.5, 0.6) is 0 Å². The molecule has 108 valence electrons. The van der Waals surface area contributed by atoms with Crippen LogP contribution in [-0.2, 0) is 20.9 Å². The number of ether oxygens (including phenoxy) is 2. The van der Waals surface area contributed by atoms with Gasteiger partial charge in [-0.3, -0.25) is 20.2 Å². The average Bonchev–Trinajstić information content (AvgIpc) is 2.40. The van der Waals surface area contributed by atoms with Crippen LogP contribution >= 0.6 is 0 Å². The zero-order valence-corrected chi connectivity index (χ0v) is 10.9. The normalized spacial score (nSPS) is 16.2. The molecule has 0 aliphatic carbocycles. The Morgan fingerprint density at radius 2 is 2.10 bits per heavy atom. The van der Waals surface area contributed by atoms with Crippen LogP contribution in [0.15, 0.2) is 30.3 Å². The van der Waals surface area contributed by atoms with Gasteiger partial charge in [0.15, 0.2) is 0 Å². The second-order valence-corrected chi connectivity index (χ2v) is 4.76. The molecule has 0 aromatic heterocycles. The molecular weight excluding hydrogens is 264 g/mol. The summed E-state index contributed by atoms with van der Waals surface area (Å²) in [6, 6.07) is 9.31. The minimum Gasteiger partial charge on any atom is -0.460 e. The highest BCUT2D eigenvalue weighted by molar-refractivity contribution is 5.71. The van der Waals surface area contributed by atoms with Gasteiger partial charge in [-0.15, -0.1) is 0 Å². The number of rotatable bonds is 7. The summed E-state index contributed by atoms with van der Waals surface area (Å²) in [5.41, 5.74) is 0.155. The number of hydrogen-bond acceptors (Lipinski definition) is 6. The molecule has 1 heterocycles. The van der Waals surface area contributed by atoms with Crippen LogP contribution in [0.3, 0.4) is 0 Å². The molecule has 0 bridgehead atoms. The van der Waals surface area contributed by atoms with Crippen LogP contribution in [0, 0.1) is 10.1 Å². The summed E-state index contributed by atoms with van der Waals surface area (Å²) >= 11 is 0. The van der Waals surface area contributed by atoms with E-state index in [-0.39, 0.29) is 32.9 Å². The van der Waals surface area contributed by atoms with Crippen LogP contribution in [0.1, 0.15) is 5.56 Å². The van der Waals surface area contributed by atoms with E-state index in [2.05, 4.69) is 5.32 Å². The van der Waals surface area contributed by atoms with E-state index in [1.54, 1.807) is 0 Å². The molecule has 0 unspecified atom stereocenters. The fourth-order valence-corrected chi connectivity index (χ4v) is 1.89. The lowest BCUT2D eigenvalue weighted by Crippen LogP contribution is -2.65. The van der Waals surface area contributed by atoms with Gasteiger partial charge in [-0.2, -0.15) is 0 Å². The minimum atomic E-state index is -0.741. The molecule has 1 aromatic carbocycles. The van der Waals surface area contributed by atoms with Crippen molar-refractivity contribution >= 4 is 5.97 Å². The molecule has 1 fully saturated rings. The van der Waals surface area contributed by atoms with E-state index >= 15 is 0 Å². The van der Waals surface area contributed by atoms with Crippen LogP contribution in [0.2, 0.25) is 0 Å². The van der Waals surface area contributed by atoms with Crippen molar-refractivity contribution < 1.29 is 19.2 Å². The summed E-state index contributed by atoms with van der Waals surface area (Å²) in [6.45, 7) is 0.336. The number of carbonyl (C=O) groups excluding carboxylic acids is 1. The van der Waals surface area contributed by atoms with Crippen molar-refractivity contribution in [3.63, 3.8) is 0 Å². The van der Waals surface area contributed by atoms with Crippen molar-refractivity contribution in [2.75, 3.05) is 26.3 Å². The summed E-state index contributed by atoms with van der Waals surface area (Å²) in [7, 11) is 0. The Kier molecular flexibility index (Phi) is 4.65. The van der Waals surface area contributed by atoms with Crippen LogP contribution in [0.25, 0.3) is 0 Å². The predicted octanol–water partition coefficient (Wildman–Crippen LogP) is 0.365. The zero-order chi connectivity index (χ0) is 14.4. The topological polar surface area (TPSA) is 90.7 Å². The van der Waals surface area contributed by atoms with Gasteiger partial charge in [0.2, 0.25) is 6.54 Å². The second kappa shape index (κ2) is 6.44. The number of hydrogen-bond donors (Lipinski definition) is 1. The van der Waals surface area contributed by atoms with Crippen molar-refractivity contribution in [2.45, 2.75) is 12.1 Å². The van der Waals surface area contributed by atoms with E-state index in [1.165, 1.54) is 0 Å². The smallest absolute Gasteiger partial charge is 0.320 e. The molecule has 1 N–H and O–H groups in total. The first kappa shape index (κ1) is 14.4. The first-order chi connectivity index (χ1) is 9.60. The van der Waals surface area contributed by atoms with Crippen LogP contribution < -0.4 is 5.32 Å². The van der Waals surface area contributed by atoms with E-state index in [9.17, 15) is 14.9 Å². The van der Waals surface area contributed by atoms with Crippen molar-refractivity contribution in [3.8, 4) is 0 Å². The monoisotopic (exact) mass is 280 g/mol. The third-order valence-electron chi connectivity index (χ3n) is 3.04. The maximum Gasteiger partial charge on any atom is 0.320 e. The molecular formula is C13H16N2O5. The number of nitrogens with one attached hydrogen (secondary N) is 1. The Morgan fingerprint density at radius 3 is 2.65 bits per heavy atom. The fraction of sp³-hybridized carbons (Fsp3) is 0.462. The number of esters is 1. The fourth-order valence-electron chi connectivity index (χ4n) is 1.89. The van der Waals surface area contributed by atoms with E-state index in [4.69, 9.17) is 9.47 Å². The number of nitro groups is 1. The first-order valence-electron chi connectivity index (χ1n) is 6.24. The predicted molar refractivity (Wildman–Crippen MR) is 69.7 cm³/mol. The molecule has 2 rings (SSSR count). The van der Waals surface area contributed by atoms with Gasteiger partial charge in [-0.1, -0.05) is 30.3 Å². The Hall–Kier alpha value is -1.99. The third-order valence-corrected chi connectivity index (χ3v) is 3.04. The molecule has 1 saturated heterocycles. The summed E-state index contributed by atoms with van der Waals surface area (Å²) < 4.78 is 10.1. The molecule has 0 saturated carbocycles. The van der Waals surface area contributed by atoms with Gasteiger partial charge >= 0.3 is 5.97 Å². The number of carbonyl (C=O) groups is 1. The molecule has 7 nitrogen and oxygen atoms in total. The minimum absolute atomic E-state index is 0.0654. The summed E-state index contributed by atoms with van der Waals surface area (Å²) in [5.74, 6) is -0.441. The van der Waals surface area contributed by atoms with Crippen molar-refractivity contribution in [2.24, 2.45) is 0 Å². The molecule has 1 aliphatic rings. The van der Waals surface area contributed by atoms with Gasteiger partial charge in [0.25, 0.3) is 0 Å². The molecule has 1 aromatic rings. The maximum absolute atomic E-state index is 11.6. The van der Waals surface area contributed by atoms with Gasteiger partial charge in [-0.25, -0.2) is 0 Å². The number of benzene rings is 1. The highest BCUT2D eigenvalue weighted by Crippen LogP contribution is 2.16. The van der Waals surface area contributed by atoms with E-state index in [0.717, 1.165) is 5.56 Å². The van der Waals surface area contributed by atoms with E-state index < -0.39 is 16.4 Å². The van der Waals surface area contributed by atoms with E-state index in [0.29, 0.717) is 0 Å². The first-order valence-corrected chi connectivity index (χ1v) is 6.24. The lowest BCUT2D eigenvalue weighted by molar-refractivity contribution is -0.498. The SMILES string of the molecule is O=C(CNC1(C[N+](=O)[O-])COC1)OCc1ccccc1. The quantitative estimate of drug-likeness (QED) is 0.441. The van der Waals surface area contributed by atoms with Gasteiger partial charge in [0.1, 0.15) is 12.1 Å². The molecule has 0 radical (unpaired) electrons. The van der Waals surface area contributed by atoms with Gasteiger partial charge in [0, 0.05) is 4.92 Å². The zero-order valence-electron chi connectivity index (χ0n) is 10.9. The standard InChI is InChI=1S/C13H16N2O5/c16-12(20-7-11-4-2-1-3-5-11)6-14-13(8-15(17)18)9-19-10-13/h1-5,14H,6-10H2. The molecule has 0 atom stereocenters. The second-order valence-electron chi connectivity index (χ2n) is 4.76. The van der Waals surface area contributed by atoms with Crippen molar-refractivity contribution in [1.29, 1.82) is 0 Å². The largest absolute Gasteiger partial charge is 0.460 e. The summed E-state index contributed by atoms with van der Waals surface area (Å²) in [6.07, 6.45) is 0.